The van der Waals surface area contributed by atoms with Crippen molar-refractivity contribution in [2.75, 3.05) is 17.2 Å². The van der Waals surface area contributed by atoms with Gasteiger partial charge in [-0.2, -0.15) is 0 Å². The van der Waals surface area contributed by atoms with Crippen LogP contribution in [0.15, 0.2) is 42.5 Å². The van der Waals surface area contributed by atoms with Crippen LogP contribution in [-0.2, 0) is 14.3 Å². The molecule has 0 saturated heterocycles. The number of hydrogen-bond donors (Lipinski definition) is 2. The van der Waals surface area contributed by atoms with Crippen LogP contribution in [0.5, 0.6) is 0 Å². The first kappa shape index (κ1) is 19.6. The molecule has 6 nitrogen and oxygen atoms in total. The van der Waals surface area contributed by atoms with Crippen LogP contribution in [-0.4, -0.2) is 24.4 Å². The summed E-state index contributed by atoms with van der Waals surface area (Å²) in [6.07, 6.45) is 0.490. The van der Waals surface area contributed by atoms with Gasteiger partial charge < -0.3 is 15.4 Å². The van der Waals surface area contributed by atoms with E-state index < -0.39 is 11.9 Å². The van der Waals surface area contributed by atoms with Crippen LogP contribution < -0.4 is 10.6 Å². The molecule has 1 aliphatic carbocycles. The normalized spacial score (nSPS) is 17.5. The summed E-state index contributed by atoms with van der Waals surface area (Å²) in [6, 6.07) is 12.5. The first-order valence-electron chi connectivity index (χ1n) is 9.36. The molecule has 0 heterocycles. The summed E-state index contributed by atoms with van der Waals surface area (Å²) in [4.78, 5) is 37.1. The van der Waals surface area contributed by atoms with Crippen molar-refractivity contribution in [1.29, 1.82) is 0 Å². The molecule has 1 aliphatic rings. The highest BCUT2D eigenvalue weighted by atomic mass is 16.5. The van der Waals surface area contributed by atoms with E-state index in [1.165, 1.54) is 0 Å². The highest BCUT2D eigenvalue weighted by Gasteiger charge is 2.48. The van der Waals surface area contributed by atoms with Gasteiger partial charge in [0.25, 0.3) is 0 Å². The van der Waals surface area contributed by atoms with Crippen molar-refractivity contribution >= 4 is 29.2 Å². The number of ether oxygens (including phenoxy) is 1. The Labute approximate surface area is 164 Å². The SMILES string of the molecule is CCOC(=O)c1ccccc1NC(=O)C1CC1C(=O)Nc1c(C)cccc1C. The van der Waals surface area contributed by atoms with E-state index in [2.05, 4.69) is 10.6 Å². The zero-order chi connectivity index (χ0) is 20.3. The Morgan fingerprint density at radius 2 is 1.54 bits per heavy atom. The Kier molecular flexibility index (Phi) is 5.78. The summed E-state index contributed by atoms with van der Waals surface area (Å²) in [7, 11) is 0. The predicted octanol–water partition coefficient (Wildman–Crippen LogP) is 3.69. The van der Waals surface area contributed by atoms with Crippen LogP contribution in [0.25, 0.3) is 0 Å². The summed E-state index contributed by atoms with van der Waals surface area (Å²) in [5.41, 5.74) is 3.46. The number of nitrogens with one attached hydrogen (secondary N) is 2. The van der Waals surface area contributed by atoms with E-state index in [9.17, 15) is 14.4 Å². The smallest absolute Gasteiger partial charge is 0.340 e. The predicted molar refractivity (Wildman–Crippen MR) is 107 cm³/mol. The number of carbonyl (C=O) groups excluding carboxylic acids is 3. The van der Waals surface area contributed by atoms with Crippen LogP contribution in [0.3, 0.4) is 0 Å². The van der Waals surface area contributed by atoms with Crippen LogP contribution in [0.4, 0.5) is 11.4 Å². The fraction of sp³-hybridized carbons (Fsp3) is 0.318. The summed E-state index contributed by atoms with van der Waals surface area (Å²) in [6.45, 7) is 5.85. The molecule has 0 spiro atoms. The molecule has 28 heavy (non-hydrogen) atoms. The molecule has 0 radical (unpaired) electrons. The van der Waals surface area contributed by atoms with E-state index in [0.717, 1.165) is 16.8 Å². The van der Waals surface area contributed by atoms with Crippen LogP contribution in [0.1, 0.15) is 34.8 Å². The minimum Gasteiger partial charge on any atom is -0.462 e. The fourth-order valence-corrected chi connectivity index (χ4v) is 3.21. The van der Waals surface area contributed by atoms with E-state index >= 15 is 0 Å². The highest BCUT2D eigenvalue weighted by molar-refractivity contribution is 6.06. The Balaban J connectivity index is 1.64. The van der Waals surface area contributed by atoms with Gasteiger partial charge in [0.1, 0.15) is 0 Å². The molecule has 0 bridgehead atoms. The summed E-state index contributed by atoms with van der Waals surface area (Å²) >= 11 is 0. The van der Waals surface area contributed by atoms with Crippen molar-refractivity contribution < 1.29 is 19.1 Å². The molecule has 0 aromatic heterocycles. The van der Waals surface area contributed by atoms with Crippen molar-refractivity contribution in [2.24, 2.45) is 11.8 Å². The molecule has 146 valence electrons. The second kappa shape index (κ2) is 8.25. The second-order valence-corrected chi connectivity index (χ2v) is 6.96. The Hall–Kier alpha value is -3.15. The molecule has 2 atom stereocenters. The molecule has 2 unspecified atom stereocenters. The standard InChI is InChI=1S/C22H24N2O4/c1-4-28-22(27)15-10-5-6-11-18(15)23-20(25)16-12-17(16)21(26)24-19-13(2)8-7-9-14(19)3/h5-11,16-17H,4,12H2,1-3H3,(H,23,25)(H,24,26). The number of hydrogen-bond acceptors (Lipinski definition) is 4. The van der Waals surface area contributed by atoms with Gasteiger partial charge in [-0.05, 0) is 50.5 Å². The fourth-order valence-electron chi connectivity index (χ4n) is 3.21. The number of aryl methyl sites for hydroxylation is 2. The van der Waals surface area contributed by atoms with E-state index in [4.69, 9.17) is 4.74 Å². The first-order chi connectivity index (χ1) is 13.4. The van der Waals surface area contributed by atoms with Crippen LogP contribution >= 0.6 is 0 Å². The summed E-state index contributed by atoms with van der Waals surface area (Å²) in [5.74, 6) is -1.68. The molecule has 2 N–H and O–H groups in total. The maximum absolute atomic E-state index is 12.6. The first-order valence-corrected chi connectivity index (χ1v) is 9.36. The lowest BCUT2D eigenvalue weighted by Gasteiger charge is -2.12. The number of rotatable bonds is 6. The van der Waals surface area contributed by atoms with Gasteiger partial charge in [0.05, 0.1) is 29.7 Å². The van der Waals surface area contributed by atoms with Gasteiger partial charge in [0, 0.05) is 5.69 Å². The Morgan fingerprint density at radius 3 is 2.18 bits per heavy atom. The van der Waals surface area contributed by atoms with Gasteiger partial charge >= 0.3 is 5.97 Å². The molecule has 2 aromatic rings. The van der Waals surface area contributed by atoms with Gasteiger partial charge in [-0.3, -0.25) is 9.59 Å². The van der Waals surface area contributed by atoms with Crippen LogP contribution in [0, 0.1) is 25.7 Å². The molecular formula is C22H24N2O4. The molecule has 0 aliphatic heterocycles. The monoisotopic (exact) mass is 380 g/mol. The van der Waals surface area contributed by atoms with E-state index in [0.29, 0.717) is 17.7 Å². The van der Waals surface area contributed by atoms with Crippen molar-refractivity contribution in [3.8, 4) is 0 Å². The highest BCUT2D eigenvalue weighted by Crippen LogP contribution is 2.40. The van der Waals surface area contributed by atoms with Crippen molar-refractivity contribution in [2.45, 2.75) is 27.2 Å². The molecule has 2 aromatic carbocycles. The van der Waals surface area contributed by atoms with Gasteiger partial charge in [0.2, 0.25) is 11.8 Å². The molecule has 6 heteroatoms. The second-order valence-electron chi connectivity index (χ2n) is 6.96. The van der Waals surface area contributed by atoms with E-state index in [1.807, 2.05) is 32.0 Å². The van der Waals surface area contributed by atoms with Gasteiger partial charge in [0.15, 0.2) is 0 Å². The maximum atomic E-state index is 12.6. The number of amides is 2. The minimum absolute atomic E-state index is 0.156. The number of esters is 1. The van der Waals surface area contributed by atoms with Crippen molar-refractivity contribution in [3.05, 3.63) is 59.2 Å². The zero-order valence-electron chi connectivity index (χ0n) is 16.2. The van der Waals surface area contributed by atoms with E-state index in [1.54, 1.807) is 31.2 Å². The van der Waals surface area contributed by atoms with Crippen molar-refractivity contribution in [3.63, 3.8) is 0 Å². The third-order valence-corrected chi connectivity index (χ3v) is 4.87. The van der Waals surface area contributed by atoms with Crippen LogP contribution in [0.2, 0.25) is 0 Å². The molecular weight excluding hydrogens is 356 g/mol. The minimum atomic E-state index is -0.487. The molecule has 2 amide bonds. The van der Waals surface area contributed by atoms with Gasteiger partial charge in [-0.1, -0.05) is 30.3 Å². The van der Waals surface area contributed by atoms with Gasteiger partial charge in [-0.15, -0.1) is 0 Å². The quantitative estimate of drug-likeness (QED) is 0.749. The molecule has 1 fully saturated rings. The summed E-state index contributed by atoms with van der Waals surface area (Å²) < 4.78 is 5.02. The van der Waals surface area contributed by atoms with E-state index in [-0.39, 0.29) is 24.3 Å². The molecule has 1 saturated carbocycles. The maximum Gasteiger partial charge on any atom is 0.340 e. The largest absolute Gasteiger partial charge is 0.462 e. The average Bonchev–Trinajstić information content (AvgIpc) is 3.46. The number of para-hydroxylation sites is 2. The number of benzene rings is 2. The zero-order valence-corrected chi connectivity index (χ0v) is 16.2. The third-order valence-electron chi connectivity index (χ3n) is 4.87. The lowest BCUT2D eigenvalue weighted by Crippen LogP contribution is -2.22. The lowest BCUT2D eigenvalue weighted by molar-refractivity contribution is -0.122. The van der Waals surface area contributed by atoms with Gasteiger partial charge in [-0.25, -0.2) is 4.79 Å². The third kappa shape index (κ3) is 4.22. The molecule has 3 rings (SSSR count). The number of carbonyl (C=O) groups is 3. The topological polar surface area (TPSA) is 84.5 Å². The average molecular weight is 380 g/mol. The lowest BCUT2D eigenvalue weighted by atomic mass is 10.1. The number of anilines is 2. The van der Waals surface area contributed by atoms with Crippen molar-refractivity contribution in [1.82, 2.24) is 0 Å². The summed E-state index contributed by atoms with van der Waals surface area (Å²) in [5, 5.41) is 5.71. The Morgan fingerprint density at radius 1 is 0.929 bits per heavy atom. The Bertz CT molecular complexity index is 902.